The van der Waals surface area contributed by atoms with E-state index in [2.05, 4.69) is 33.0 Å². The lowest BCUT2D eigenvalue weighted by Crippen LogP contribution is -2.49. The van der Waals surface area contributed by atoms with Crippen molar-refractivity contribution in [3.63, 3.8) is 0 Å². The number of carbonyl (C=O) groups is 2. The van der Waals surface area contributed by atoms with Gasteiger partial charge in [0.05, 0.1) is 5.56 Å². The Morgan fingerprint density at radius 3 is 2.11 bits per heavy atom. The minimum Gasteiger partial charge on any atom is -0.336 e. The van der Waals surface area contributed by atoms with Gasteiger partial charge in [0.25, 0.3) is 11.8 Å². The second-order valence-electron chi connectivity index (χ2n) is 10.3. The maximum Gasteiger partial charge on any atom is 0.272 e. The number of pyridine rings is 1. The van der Waals surface area contributed by atoms with Crippen LogP contribution in [0.2, 0.25) is 0 Å². The summed E-state index contributed by atoms with van der Waals surface area (Å²) in [5.41, 5.74) is 3.37. The SMILES string of the molecule is O=C(c1ccc(C(=O)N2CCN(CCC3=CCCC=C3)CC2)nc1)N1CCN(Cc2ccc(F)cc2)CC1. The highest BCUT2D eigenvalue weighted by molar-refractivity contribution is 5.96. The summed E-state index contributed by atoms with van der Waals surface area (Å²) in [4.78, 5) is 38.7. The zero-order chi connectivity index (χ0) is 26.3. The van der Waals surface area contributed by atoms with E-state index in [-0.39, 0.29) is 17.6 Å². The number of amides is 2. The zero-order valence-corrected chi connectivity index (χ0v) is 21.9. The first-order valence-electron chi connectivity index (χ1n) is 13.6. The third-order valence-electron chi connectivity index (χ3n) is 7.66. The third-order valence-corrected chi connectivity index (χ3v) is 7.66. The normalized spacial score (nSPS) is 18.9. The van der Waals surface area contributed by atoms with Crippen LogP contribution in [0.5, 0.6) is 0 Å². The van der Waals surface area contributed by atoms with Crippen LogP contribution >= 0.6 is 0 Å². The van der Waals surface area contributed by atoms with Crippen molar-refractivity contribution in [1.82, 2.24) is 24.6 Å². The molecule has 0 atom stereocenters. The highest BCUT2D eigenvalue weighted by atomic mass is 19.1. The van der Waals surface area contributed by atoms with Crippen LogP contribution in [0.3, 0.4) is 0 Å². The Morgan fingerprint density at radius 1 is 0.789 bits per heavy atom. The minimum absolute atomic E-state index is 0.0607. The molecular weight excluding hydrogens is 481 g/mol. The number of halogens is 1. The topological polar surface area (TPSA) is 60.0 Å². The number of carbonyl (C=O) groups excluding carboxylic acids is 2. The molecule has 2 aromatic rings. The number of nitrogens with zero attached hydrogens (tertiary/aromatic N) is 5. The van der Waals surface area contributed by atoms with Crippen molar-refractivity contribution in [2.45, 2.75) is 25.8 Å². The fourth-order valence-corrected chi connectivity index (χ4v) is 5.26. The number of hydrogen-bond acceptors (Lipinski definition) is 5. The molecule has 0 bridgehead atoms. The van der Waals surface area contributed by atoms with Gasteiger partial charge in [-0.1, -0.05) is 35.9 Å². The lowest BCUT2D eigenvalue weighted by molar-refractivity contribution is 0.0618. The average Bonchev–Trinajstić information content (AvgIpc) is 2.98. The van der Waals surface area contributed by atoms with Crippen molar-refractivity contribution < 1.29 is 14.0 Å². The molecule has 2 fully saturated rings. The van der Waals surface area contributed by atoms with Gasteiger partial charge in [-0.25, -0.2) is 4.39 Å². The van der Waals surface area contributed by atoms with Crippen LogP contribution in [0.4, 0.5) is 4.39 Å². The molecule has 5 rings (SSSR count). The molecule has 8 heteroatoms. The summed E-state index contributed by atoms with van der Waals surface area (Å²) in [6.07, 6.45) is 11.7. The molecule has 200 valence electrons. The van der Waals surface area contributed by atoms with E-state index in [0.717, 1.165) is 64.1 Å². The maximum atomic E-state index is 13.1. The van der Waals surface area contributed by atoms with Crippen molar-refractivity contribution in [1.29, 1.82) is 0 Å². The van der Waals surface area contributed by atoms with Crippen molar-refractivity contribution in [2.75, 3.05) is 58.9 Å². The summed E-state index contributed by atoms with van der Waals surface area (Å²) in [7, 11) is 0. The number of allylic oxidation sites excluding steroid dienone is 3. The van der Waals surface area contributed by atoms with E-state index in [1.54, 1.807) is 24.3 Å². The van der Waals surface area contributed by atoms with Crippen molar-refractivity contribution >= 4 is 11.8 Å². The van der Waals surface area contributed by atoms with Crippen molar-refractivity contribution in [3.8, 4) is 0 Å². The predicted octanol–water partition coefficient (Wildman–Crippen LogP) is 3.60. The monoisotopic (exact) mass is 517 g/mol. The summed E-state index contributed by atoms with van der Waals surface area (Å²) in [5.74, 6) is -0.366. The standard InChI is InChI=1S/C30H36FN5O2/c31-27-9-6-25(7-10-27)23-34-16-20-35(21-17-34)29(37)26-8-11-28(32-22-26)30(38)36-18-14-33(15-19-36)13-12-24-4-2-1-3-5-24/h2,4-11,22H,1,3,12-21,23H2. The van der Waals surface area contributed by atoms with E-state index in [1.165, 1.54) is 23.9 Å². The molecule has 0 unspecified atom stereocenters. The average molecular weight is 518 g/mol. The second kappa shape index (κ2) is 12.5. The van der Waals surface area contributed by atoms with E-state index in [0.29, 0.717) is 37.4 Å². The van der Waals surface area contributed by atoms with E-state index >= 15 is 0 Å². The Balaban J connectivity index is 1.06. The van der Waals surface area contributed by atoms with E-state index < -0.39 is 0 Å². The Labute approximate surface area is 224 Å². The molecule has 0 radical (unpaired) electrons. The van der Waals surface area contributed by atoms with Gasteiger partial charge in [0.1, 0.15) is 11.5 Å². The van der Waals surface area contributed by atoms with Gasteiger partial charge in [-0.05, 0) is 49.1 Å². The molecule has 0 saturated carbocycles. The summed E-state index contributed by atoms with van der Waals surface area (Å²) in [5, 5.41) is 0. The molecular formula is C30H36FN5O2. The van der Waals surface area contributed by atoms with Crippen LogP contribution in [-0.2, 0) is 6.54 Å². The summed E-state index contributed by atoms with van der Waals surface area (Å²) >= 11 is 0. The third kappa shape index (κ3) is 6.74. The first-order valence-corrected chi connectivity index (χ1v) is 13.6. The fraction of sp³-hybridized carbons (Fsp3) is 0.433. The number of piperazine rings is 2. The van der Waals surface area contributed by atoms with Gasteiger partial charge in [0.15, 0.2) is 0 Å². The van der Waals surface area contributed by atoms with Crippen LogP contribution < -0.4 is 0 Å². The van der Waals surface area contributed by atoms with Gasteiger partial charge < -0.3 is 9.80 Å². The number of benzene rings is 1. The quantitative estimate of drug-likeness (QED) is 0.562. The molecule has 38 heavy (non-hydrogen) atoms. The molecule has 2 aliphatic heterocycles. The molecule has 0 N–H and O–H groups in total. The van der Waals surface area contributed by atoms with E-state index in [9.17, 15) is 14.0 Å². The molecule has 3 aliphatic rings. The van der Waals surface area contributed by atoms with Crippen LogP contribution in [0.1, 0.15) is 45.7 Å². The number of hydrogen-bond donors (Lipinski definition) is 0. The van der Waals surface area contributed by atoms with Gasteiger partial charge in [-0.15, -0.1) is 0 Å². The summed E-state index contributed by atoms with van der Waals surface area (Å²) < 4.78 is 13.1. The van der Waals surface area contributed by atoms with Gasteiger partial charge >= 0.3 is 0 Å². The predicted molar refractivity (Wildman–Crippen MR) is 145 cm³/mol. The molecule has 1 aliphatic carbocycles. The molecule has 3 heterocycles. The van der Waals surface area contributed by atoms with Crippen LogP contribution in [0, 0.1) is 5.82 Å². The van der Waals surface area contributed by atoms with Gasteiger partial charge in [0.2, 0.25) is 0 Å². The van der Waals surface area contributed by atoms with Crippen LogP contribution in [-0.4, -0.2) is 95.3 Å². The maximum absolute atomic E-state index is 13.1. The highest BCUT2D eigenvalue weighted by Crippen LogP contribution is 2.16. The van der Waals surface area contributed by atoms with Gasteiger partial charge in [0, 0.05) is 71.6 Å². The van der Waals surface area contributed by atoms with E-state index in [4.69, 9.17) is 0 Å². The van der Waals surface area contributed by atoms with Crippen LogP contribution in [0.25, 0.3) is 0 Å². The minimum atomic E-state index is -0.232. The van der Waals surface area contributed by atoms with Crippen LogP contribution in [0.15, 0.2) is 66.4 Å². The summed E-state index contributed by atoms with van der Waals surface area (Å²) in [6, 6.07) is 9.95. The van der Waals surface area contributed by atoms with Gasteiger partial charge in [-0.2, -0.15) is 0 Å². The molecule has 2 saturated heterocycles. The first-order chi connectivity index (χ1) is 18.5. The second-order valence-corrected chi connectivity index (χ2v) is 10.3. The first kappa shape index (κ1) is 26.3. The fourth-order valence-electron chi connectivity index (χ4n) is 5.26. The molecule has 7 nitrogen and oxygen atoms in total. The molecule has 1 aromatic heterocycles. The Morgan fingerprint density at radius 2 is 1.47 bits per heavy atom. The Kier molecular flexibility index (Phi) is 8.61. The summed E-state index contributed by atoms with van der Waals surface area (Å²) in [6.45, 7) is 7.64. The number of rotatable bonds is 7. The lowest BCUT2D eigenvalue weighted by Gasteiger charge is -2.35. The number of aromatic nitrogens is 1. The largest absolute Gasteiger partial charge is 0.336 e. The lowest BCUT2D eigenvalue weighted by atomic mass is 10.0. The highest BCUT2D eigenvalue weighted by Gasteiger charge is 2.25. The smallest absolute Gasteiger partial charge is 0.272 e. The van der Waals surface area contributed by atoms with Crippen molar-refractivity contribution in [2.24, 2.45) is 0 Å². The molecule has 2 amide bonds. The van der Waals surface area contributed by atoms with Crippen molar-refractivity contribution in [3.05, 3.63) is 89.0 Å². The Bertz CT molecular complexity index is 1160. The zero-order valence-electron chi connectivity index (χ0n) is 21.9. The Hall–Kier alpha value is -3.36. The molecule has 1 aromatic carbocycles. The van der Waals surface area contributed by atoms with Gasteiger partial charge in [-0.3, -0.25) is 24.4 Å². The van der Waals surface area contributed by atoms with E-state index in [1.807, 2.05) is 9.80 Å². The molecule has 0 spiro atoms.